The van der Waals surface area contributed by atoms with Gasteiger partial charge in [0.25, 0.3) is 0 Å². The summed E-state index contributed by atoms with van der Waals surface area (Å²) in [4.78, 5) is 0. The van der Waals surface area contributed by atoms with E-state index in [1.807, 2.05) is 30.3 Å². The van der Waals surface area contributed by atoms with Gasteiger partial charge < -0.3 is 10.5 Å². The standard InChI is InChI=1S/C14H12Br2ClNO/c1-19-9-3-5-11(13(17)7-9)14(18)10-4-2-8(15)6-12(10)16/h2-7,14H,18H2,1H3. The van der Waals surface area contributed by atoms with Crippen molar-refractivity contribution in [3.8, 4) is 5.75 Å². The molecule has 0 spiro atoms. The molecule has 0 amide bonds. The van der Waals surface area contributed by atoms with E-state index in [4.69, 9.17) is 22.1 Å². The molecular formula is C14H12Br2ClNO. The Bertz CT molecular complexity index is 604. The number of hydrogen-bond donors (Lipinski definition) is 1. The molecule has 1 atom stereocenters. The summed E-state index contributed by atoms with van der Waals surface area (Å²) in [5.41, 5.74) is 8.14. The molecule has 5 heteroatoms. The summed E-state index contributed by atoms with van der Waals surface area (Å²) in [7, 11) is 1.61. The van der Waals surface area contributed by atoms with Crippen molar-refractivity contribution in [1.82, 2.24) is 0 Å². The van der Waals surface area contributed by atoms with Gasteiger partial charge in [0.15, 0.2) is 0 Å². The van der Waals surface area contributed by atoms with Crippen molar-refractivity contribution in [2.24, 2.45) is 5.73 Å². The fourth-order valence-corrected chi connectivity index (χ4v) is 3.39. The highest BCUT2D eigenvalue weighted by atomic mass is 79.9. The molecule has 0 saturated carbocycles. The molecule has 2 rings (SSSR count). The Morgan fingerprint density at radius 2 is 1.79 bits per heavy atom. The topological polar surface area (TPSA) is 35.2 Å². The van der Waals surface area contributed by atoms with E-state index in [9.17, 15) is 0 Å². The Kier molecular flexibility index (Phi) is 4.90. The fraction of sp³-hybridized carbons (Fsp3) is 0.143. The SMILES string of the molecule is COc1ccc(C(N)c2ccc(Br)cc2Br)c(Cl)c1. The van der Waals surface area contributed by atoms with Gasteiger partial charge in [-0.05, 0) is 35.4 Å². The van der Waals surface area contributed by atoms with Crippen LogP contribution in [0.2, 0.25) is 5.02 Å². The molecule has 0 aliphatic rings. The minimum Gasteiger partial charge on any atom is -0.497 e. The van der Waals surface area contributed by atoms with Gasteiger partial charge in [0, 0.05) is 14.0 Å². The lowest BCUT2D eigenvalue weighted by Crippen LogP contribution is -2.13. The highest BCUT2D eigenvalue weighted by Crippen LogP contribution is 2.33. The summed E-state index contributed by atoms with van der Waals surface area (Å²) in [6, 6.07) is 11.1. The molecule has 0 aromatic heterocycles. The Morgan fingerprint density at radius 1 is 1.11 bits per heavy atom. The van der Waals surface area contributed by atoms with E-state index in [0.717, 1.165) is 25.8 Å². The van der Waals surface area contributed by atoms with Crippen molar-refractivity contribution >= 4 is 43.5 Å². The molecule has 0 aliphatic heterocycles. The summed E-state index contributed by atoms with van der Waals surface area (Å²) in [6.07, 6.45) is 0. The van der Waals surface area contributed by atoms with E-state index in [1.54, 1.807) is 13.2 Å². The minimum absolute atomic E-state index is 0.291. The molecule has 2 aromatic carbocycles. The minimum atomic E-state index is -0.291. The average molecular weight is 406 g/mol. The maximum atomic E-state index is 6.29. The van der Waals surface area contributed by atoms with Crippen molar-refractivity contribution in [3.05, 3.63) is 61.5 Å². The van der Waals surface area contributed by atoms with E-state index in [0.29, 0.717) is 5.02 Å². The maximum absolute atomic E-state index is 6.29. The molecule has 2 nitrogen and oxygen atoms in total. The zero-order valence-corrected chi connectivity index (χ0v) is 14.1. The third kappa shape index (κ3) is 3.31. The zero-order chi connectivity index (χ0) is 14.0. The molecule has 2 aromatic rings. The van der Waals surface area contributed by atoms with Gasteiger partial charge in [-0.1, -0.05) is 55.6 Å². The Balaban J connectivity index is 2.41. The van der Waals surface area contributed by atoms with Crippen molar-refractivity contribution < 1.29 is 4.74 Å². The Hall–Kier alpha value is -0.550. The predicted octanol–water partition coefficient (Wildman–Crippen LogP) is 4.92. The molecule has 0 bridgehead atoms. The second kappa shape index (κ2) is 6.27. The van der Waals surface area contributed by atoms with Crippen LogP contribution in [0.25, 0.3) is 0 Å². The van der Waals surface area contributed by atoms with Crippen LogP contribution in [0.15, 0.2) is 45.3 Å². The molecular weight excluding hydrogens is 393 g/mol. The Labute approximate surface area is 134 Å². The van der Waals surface area contributed by atoms with Crippen LogP contribution >= 0.6 is 43.5 Å². The average Bonchev–Trinajstić information content (AvgIpc) is 2.37. The fourth-order valence-electron chi connectivity index (χ4n) is 1.81. The molecule has 0 saturated heterocycles. The quantitative estimate of drug-likeness (QED) is 0.787. The van der Waals surface area contributed by atoms with Crippen molar-refractivity contribution in [1.29, 1.82) is 0 Å². The van der Waals surface area contributed by atoms with E-state index in [2.05, 4.69) is 31.9 Å². The number of nitrogens with two attached hydrogens (primary N) is 1. The molecule has 100 valence electrons. The first-order chi connectivity index (χ1) is 9.02. The van der Waals surface area contributed by atoms with Gasteiger partial charge >= 0.3 is 0 Å². The number of methoxy groups -OCH3 is 1. The third-order valence-corrected chi connectivity index (χ3v) is 4.35. The van der Waals surface area contributed by atoms with E-state index in [1.165, 1.54) is 0 Å². The number of hydrogen-bond acceptors (Lipinski definition) is 2. The first-order valence-electron chi connectivity index (χ1n) is 5.57. The van der Waals surface area contributed by atoms with Crippen LogP contribution in [-0.2, 0) is 0 Å². The normalized spacial score (nSPS) is 12.3. The van der Waals surface area contributed by atoms with Crippen molar-refractivity contribution in [2.75, 3.05) is 7.11 Å². The molecule has 0 radical (unpaired) electrons. The van der Waals surface area contributed by atoms with Crippen LogP contribution in [0.4, 0.5) is 0 Å². The third-order valence-electron chi connectivity index (χ3n) is 2.84. The van der Waals surface area contributed by atoms with E-state index >= 15 is 0 Å². The van der Waals surface area contributed by atoms with Gasteiger partial charge in [0.2, 0.25) is 0 Å². The highest BCUT2D eigenvalue weighted by Gasteiger charge is 2.15. The molecule has 0 aliphatic carbocycles. The second-order valence-corrected chi connectivity index (χ2v) is 6.21. The molecule has 2 N–H and O–H groups in total. The van der Waals surface area contributed by atoms with Gasteiger partial charge in [-0.2, -0.15) is 0 Å². The van der Waals surface area contributed by atoms with Crippen LogP contribution in [0.1, 0.15) is 17.2 Å². The van der Waals surface area contributed by atoms with Crippen LogP contribution in [-0.4, -0.2) is 7.11 Å². The Morgan fingerprint density at radius 3 is 2.37 bits per heavy atom. The second-order valence-electron chi connectivity index (χ2n) is 4.03. The van der Waals surface area contributed by atoms with Crippen LogP contribution < -0.4 is 10.5 Å². The summed E-state index contributed by atoms with van der Waals surface area (Å²) in [5.74, 6) is 0.718. The zero-order valence-electron chi connectivity index (χ0n) is 10.2. The summed E-state index contributed by atoms with van der Waals surface area (Å²) >= 11 is 13.2. The van der Waals surface area contributed by atoms with Gasteiger partial charge in [0.1, 0.15) is 5.75 Å². The van der Waals surface area contributed by atoms with Crippen molar-refractivity contribution in [2.45, 2.75) is 6.04 Å². The maximum Gasteiger partial charge on any atom is 0.120 e. The predicted molar refractivity (Wildman–Crippen MR) is 85.9 cm³/mol. The largest absolute Gasteiger partial charge is 0.497 e. The van der Waals surface area contributed by atoms with Crippen LogP contribution in [0.3, 0.4) is 0 Å². The molecule has 19 heavy (non-hydrogen) atoms. The first-order valence-corrected chi connectivity index (χ1v) is 7.53. The summed E-state index contributed by atoms with van der Waals surface area (Å²) < 4.78 is 7.08. The molecule has 1 unspecified atom stereocenters. The summed E-state index contributed by atoms with van der Waals surface area (Å²) in [6.45, 7) is 0. The number of benzene rings is 2. The summed E-state index contributed by atoms with van der Waals surface area (Å²) in [5, 5.41) is 0.599. The van der Waals surface area contributed by atoms with Gasteiger partial charge in [-0.3, -0.25) is 0 Å². The lowest BCUT2D eigenvalue weighted by molar-refractivity contribution is 0.414. The van der Waals surface area contributed by atoms with Crippen LogP contribution in [0.5, 0.6) is 5.75 Å². The first kappa shape index (κ1) is 14.9. The van der Waals surface area contributed by atoms with E-state index < -0.39 is 0 Å². The highest BCUT2D eigenvalue weighted by molar-refractivity contribution is 9.11. The lowest BCUT2D eigenvalue weighted by Gasteiger charge is -2.16. The van der Waals surface area contributed by atoms with Crippen LogP contribution in [0, 0.1) is 0 Å². The smallest absolute Gasteiger partial charge is 0.120 e. The van der Waals surface area contributed by atoms with Gasteiger partial charge in [-0.15, -0.1) is 0 Å². The lowest BCUT2D eigenvalue weighted by atomic mass is 9.99. The number of ether oxygens (including phenoxy) is 1. The number of rotatable bonds is 3. The molecule has 0 fully saturated rings. The van der Waals surface area contributed by atoms with Crippen molar-refractivity contribution in [3.63, 3.8) is 0 Å². The molecule has 0 heterocycles. The van der Waals surface area contributed by atoms with Gasteiger partial charge in [0.05, 0.1) is 13.2 Å². The van der Waals surface area contributed by atoms with Gasteiger partial charge in [-0.25, -0.2) is 0 Å². The monoisotopic (exact) mass is 403 g/mol. The number of halogens is 3. The van der Waals surface area contributed by atoms with E-state index in [-0.39, 0.29) is 6.04 Å².